The van der Waals surface area contributed by atoms with Crippen molar-refractivity contribution in [1.29, 1.82) is 0 Å². The Labute approximate surface area is 113 Å². The van der Waals surface area contributed by atoms with E-state index < -0.39 is 9.84 Å². The highest BCUT2D eigenvalue weighted by atomic mass is 32.2. The summed E-state index contributed by atoms with van der Waals surface area (Å²) in [5.74, 6) is 0.230. The number of carbonyl (C=O) groups is 1. The average molecular weight is 281 g/mol. The van der Waals surface area contributed by atoms with Crippen LogP contribution in [0, 0.1) is 6.07 Å². The van der Waals surface area contributed by atoms with Gasteiger partial charge in [0, 0.05) is 11.7 Å². The molecule has 0 spiro atoms. The fourth-order valence-electron chi connectivity index (χ4n) is 2.15. The fourth-order valence-corrected chi connectivity index (χ4v) is 3.95. The number of nitrogens with one attached hydrogen (secondary N) is 1. The standard InChI is InChI=1S/C13H17N2O3S/c1-15(12-7-8-19(17,18)10-12)9-13(16)14-11-5-3-2-4-6-11/h3-6,12H,7-10H2,1H3,(H,14,16). The summed E-state index contributed by atoms with van der Waals surface area (Å²) in [5, 5.41) is 2.77. The van der Waals surface area contributed by atoms with E-state index in [2.05, 4.69) is 11.4 Å². The first-order chi connectivity index (χ1) is 8.96. The largest absolute Gasteiger partial charge is 0.325 e. The molecule has 19 heavy (non-hydrogen) atoms. The molecule has 1 aromatic carbocycles. The van der Waals surface area contributed by atoms with Crippen LogP contribution in [0.1, 0.15) is 6.42 Å². The number of rotatable bonds is 4. The Bertz CT molecular complexity index is 542. The molecule has 1 radical (unpaired) electrons. The van der Waals surface area contributed by atoms with Crippen LogP contribution in [-0.4, -0.2) is 50.4 Å². The predicted octanol–water partition coefficient (Wildman–Crippen LogP) is 0.544. The maximum atomic E-state index is 11.8. The molecule has 2 rings (SSSR count). The molecule has 1 heterocycles. The molecule has 1 aromatic rings. The van der Waals surface area contributed by atoms with Gasteiger partial charge in [0.2, 0.25) is 5.91 Å². The number of carbonyl (C=O) groups excluding carboxylic acids is 1. The maximum Gasteiger partial charge on any atom is 0.238 e. The smallest absolute Gasteiger partial charge is 0.238 e. The lowest BCUT2D eigenvalue weighted by Crippen LogP contribution is -2.38. The zero-order valence-electron chi connectivity index (χ0n) is 10.8. The number of benzene rings is 1. The Balaban J connectivity index is 1.86. The lowest BCUT2D eigenvalue weighted by molar-refractivity contribution is -0.117. The van der Waals surface area contributed by atoms with Gasteiger partial charge in [-0.05, 0) is 31.7 Å². The summed E-state index contributed by atoms with van der Waals surface area (Å²) in [6.45, 7) is 0.193. The Morgan fingerprint density at radius 2 is 2.16 bits per heavy atom. The summed E-state index contributed by atoms with van der Waals surface area (Å²) < 4.78 is 22.8. The van der Waals surface area contributed by atoms with E-state index in [0.29, 0.717) is 6.42 Å². The van der Waals surface area contributed by atoms with Gasteiger partial charge in [-0.3, -0.25) is 9.69 Å². The van der Waals surface area contributed by atoms with Crippen LogP contribution in [-0.2, 0) is 14.6 Å². The third kappa shape index (κ3) is 4.04. The summed E-state index contributed by atoms with van der Waals surface area (Å²) in [7, 11) is -1.13. The SMILES string of the molecule is CN(CC(=O)Nc1cc[c]cc1)C1CCS(=O)(=O)C1. The molecule has 1 aliphatic heterocycles. The molecule has 1 fully saturated rings. The first-order valence-corrected chi connectivity index (χ1v) is 7.95. The summed E-state index contributed by atoms with van der Waals surface area (Å²) in [6.07, 6.45) is 0.604. The maximum absolute atomic E-state index is 11.8. The van der Waals surface area contributed by atoms with Gasteiger partial charge >= 0.3 is 0 Å². The summed E-state index contributed by atoms with van der Waals surface area (Å²) in [5.41, 5.74) is 0.719. The van der Waals surface area contributed by atoms with E-state index in [9.17, 15) is 13.2 Å². The van der Waals surface area contributed by atoms with Gasteiger partial charge < -0.3 is 5.32 Å². The lowest BCUT2D eigenvalue weighted by Gasteiger charge is -2.22. The van der Waals surface area contributed by atoms with Crippen LogP contribution in [0.2, 0.25) is 0 Å². The zero-order chi connectivity index (χ0) is 13.9. The van der Waals surface area contributed by atoms with E-state index in [-0.39, 0.29) is 30.0 Å². The zero-order valence-corrected chi connectivity index (χ0v) is 11.6. The first kappa shape index (κ1) is 14.0. The van der Waals surface area contributed by atoms with Gasteiger partial charge in [0.25, 0.3) is 0 Å². The highest BCUT2D eigenvalue weighted by Gasteiger charge is 2.31. The number of nitrogens with zero attached hydrogens (tertiary/aromatic N) is 1. The lowest BCUT2D eigenvalue weighted by atomic mass is 10.2. The van der Waals surface area contributed by atoms with E-state index in [1.54, 1.807) is 36.2 Å². The van der Waals surface area contributed by atoms with Crippen LogP contribution in [0.3, 0.4) is 0 Å². The molecule has 1 N–H and O–H groups in total. The first-order valence-electron chi connectivity index (χ1n) is 6.13. The monoisotopic (exact) mass is 281 g/mol. The van der Waals surface area contributed by atoms with Crippen molar-refractivity contribution in [1.82, 2.24) is 4.90 Å². The molecule has 103 valence electrons. The normalized spacial score (nSPS) is 21.5. The minimum Gasteiger partial charge on any atom is -0.325 e. The number of amides is 1. The topological polar surface area (TPSA) is 66.5 Å². The van der Waals surface area contributed by atoms with Gasteiger partial charge in [0.1, 0.15) is 0 Å². The molecule has 0 bridgehead atoms. The Morgan fingerprint density at radius 3 is 2.74 bits per heavy atom. The molecule has 1 saturated heterocycles. The quantitative estimate of drug-likeness (QED) is 0.875. The number of hydrogen-bond acceptors (Lipinski definition) is 4. The molecule has 5 nitrogen and oxygen atoms in total. The molecule has 6 heteroatoms. The Morgan fingerprint density at radius 1 is 1.47 bits per heavy atom. The predicted molar refractivity (Wildman–Crippen MR) is 73.6 cm³/mol. The molecular formula is C13H17N2O3S. The van der Waals surface area contributed by atoms with Crippen molar-refractivity contribution in [3.05, 3.63) is 30.3 Å². The van der Waals surface area contributed by atoms with Gasteiger partial charge in [-0.25, -0.2) is 8.42 Å². The third-order valence-electron chi connectivity index (χ3n) is 3.23. The summed E-state index contributed by atoms with van der Waals surface area (Å²) in [6, 6.07) is 9.79. The number of likely N-dealkylation sites (N-methyl/N-ethyl adjacent to an activating group) is 1. The van der Waals surface area contributed by atoms with E-state index in [1.807, 2.05) is 0 Å². The van der Waals surface area contributed by atoms with Gasteiger partial charge in [0.15, 0.2) is 9.84 Å². The van der Waals surface area contributed by atoms with Crippen LogP contribution in [0.4, 0.5) is 5.69 Å². The molecule has 0 aromatic heterocycles. The van der Waals surface area contributed by atoms with Crippen LogP contribution in [0.5, 0.6) is 0 Å². The van der Waals surface area contributed by atoms with Crippen molar-refractivity contribution in [3.63, 3.8) is 0 Å². The van der Waals surface area contributed by atoms with Crippen molar-refractivity contribution in [2.45, 2.75) is 12.5 Å². The van der Waals surface area contributed by atoms with E-state index in [0.717, 1.165) is 5.69 Å². The van der Waals surface area contributed by atoms with Crippen molar-refractivity contribution in [2.24, 2.45) is 0 Å². The molecule has 1 unspecified atom stereocenters. The van der Waals surface area contributed by atoms with Gasteiger partial charge in [-0.2, -0.15) is 0 Å². The number of anilines is 1. The van der Waals surface area contributed by atoms with Crippen LogP contribution in [0.15, 0.2) is 24.3 Å². The molecular weight excluding hydrogens is 264 g/mol. The van der Waals surface area contributed by atoms with Crippen molar-refractivity contribution in [3.8, 4) is 0 Å². The second-order valence-electron chi connectivity index (χ2n) is 4.81. The minimum atomic E-state index is -2.91. The van der Waals surface area contributed by atoms with Gasteiger partial charge in [-0.1, -0.05) is 12.1 Å². The highest BCUT2D eigenvalue weighted by Crippen LogP contribution is 2.16. The molecule has 1 amide bonds. The molecule has 0 saturated carbocycles. The fraction of sp³-hybridized carbons (Fsp3) is 0.462. The van der Waals surface area contributed by atoms with Crippen LogP contribution >= 0.6 is 0 Å². The van der Waals surface area contributed by atoms with Gasteiger partial charge in [-0.15, -0.1) is 0 Å². The second-order valence-corrected chi connectivity index (χ2v) is 7.04. The van der Waals surface area contributed by atoms with Crippen LogP contribution < -0.4 is 5.32 Å². The van der Waals surface area contributed by atoms with E-state index in [4.69, 9.17) is 0 Å². The van der Waals surface area contributed by atoms with Crippen molar-refractivity contribution in [2.75, 3.05) is 30.4 Å². The Kier molecular flexibility index (Phi) is 4.21. The number of hydrogen-bond donors (Lipinski definition) is 1. The van der Waals surface area contributed by atoms with Crippen molar-refractivity contribution < 1.29 is 13.2 Å². The van der Waals surface area contributed by atoms with Gasteiger partial charge in [0.05, 0.1) is 18.1 Å². The summed E-state index contributed by atoms with van der Waals surface area (Å²) in [4.78, 5) is 13.6. The number of sulfone groups is 1. The average Bonchev–Trinajstić information content (AvgIpc) is 2.71. The second kappa shape index (κ2) is 5.71. The van der Waals surface area contributed by atoms with Crippen molar-refractivity contribution >= 4 is 21.4 Å². The highest BCUT2D eigenvalue weighted by molar-refractivity contribution is 7.91. The van der Waals surface area contributed by atoms with Crippen LogP contribution in [0.25, 0.3) is 0 Å². The summed E-state index contributed by atoms with van der Waals surface area (Å²) >= 11 is 0. The van der Waals surface area contributed by atoms with E-state index in [1.165, 1.54) is 0 Å². The minimum absolute atomic E-state index is 0.0557. The Hall–Kier alpha value is -1.40. The van der Waals surface area contributed by atoms with E-state index >= 15 is 0 Å². The molecule has 1 aliphatic rings. The molecule has 1 atom stereocenters. The third-order valence-corrected chi connectivity index (χ3v) is 4.98. The molecule has 0 aliphatic carbocycles.